The molecule has 4 aromatic rings. The fraction of sp³-hybridized carbons (Fsp3) is 0.158. The monoisotopic (exact) mass is 364 g/mol. The van der Waals surface area contributed by atoms with E-state index in [-0.39, 0.29) is 18.3 Å². The fourth-order valence-corrected chi connectivity index (χ4v) is 2.76. The molecule has 8 nitrogen and oxygen atoms in total. The molecule has 0 aliphatic carbocycles. The Morgan fingerprint density at radius 1 is 1.07 bits per heavy atom. The van der Waals surface area contributed by atoms with Crippen LogP contribution in [0.3, 0.4) is 0 Å². The van der Waals surface area contributed by atoms with Crippen LogP contribution < -0.4 is 11.1 Å². The lowest BCUT2D eigenvalue weighted by molar-refractivity contribution is 0.0910. The third-order valence-electron chi connectivity index (χ3n) is 4.08. The van der Waals surface area contributed by atoms with Crippen LogP contribution in [0.15, 0.2) is 68.3 Å². The zero-order valence-electron chi connectivity index (χ0n) is 14.3. The number of hydrogen-bond donors (Lipinski definition) is 1. The van der Waals surface area contributed by atoms with Gasteiger partial charge in [0.1, 0.15) is 0 Å². The Kier molecular flexibility index (Phi) is 4.52. The third-order valence-corrected chi connectivity index (χ3v) is 4.08. The number of aromatic nitrogens is 3. The van der Waals surface area contributed by atoms with Gasteiger partial charge in [0.15, 0.2) is 11.4 Å². The van der Waals surface area contributed by atoms with Crippen LogP contribution in [0.25, 0.3) is 11.1 Å². The molecule has 136 valence electrons. The van der Waals surface area contributed by atoms with E-state index in [9.17, 15) is 9.59 Å². The van der Waals surface area contributed by atoms with Crippen molar-refractivity contribution in [2.75, 3.05) is 6.54 Å². The molecule has 1 amide bonds. The molecular weight excluding hydrogens is 348 g/mol. The average molecular weight is 364 g/mol. The highest BCUT2D eigenvalue weighted by molar-refractivity contribution is 5.89. The van der Waals surface area contributed by atoms with Crippen molar-refractivity contribution in [3.63, 3.8) is 0 Å². The van der Waals surface area contributed by atoms with Crippen LogP contribution in [0.4, 0.5) is 0 Å². The number of carbonyl (C=O) groups is 1. The summed E-state index contributed by atoms with van der Waals surface area (Å²) in [6, 6.07) is 16.9. The lowest BCUT2D eigenvalue weighted by atomic mass is 10.1. The van der Waals surface area contributed by atoms with E-state index in [1.807, 2.05) is 30.3 Å². The van der Waals surface area contributed by atoms with Crippen LogP contribution in [-0.4, -0.2) is 27.2 Å². The first-order chi connectivity index (χ1) is 13.2. The number of rotatable bonds is 6. The highest BCUT2D eigenvalue weighted by Crippen LogP contribution is 2.12. The van der Waals surface area contributed by atoms with Crippen molar-refractivity contribution in [1.82, 2.24) is 20.0 Å². The summed E-state index contributed by atoms with van der Waals surface area (Å²) in [5.41, 5.74) is 2.22. The zero-order chi connectivity index (χ0) is 18.6. The fourth-order valence-electron chi connectivity index (χ4n) is 2.76. The molecule has 0 aliphatic rings. The van der Waals surface area contributed by atoms with Crippen LogP contribution >= 0.6 is 0 Å². The Bertz CT molecular complexity index is 1130. The molecular formula is C19H16N4O4. The zero-order valence-corrected chi connectivity index (χ0v) is 14.3. The first kappa shape index (κ1) is 16.8. The predicted molar refractivity (Wildman–Crippen MR) is 96.4 cm³/mol. The summed E-state index contributed by atoms with van der Waals surface area (Å²) < 4.78 is 11.6. The van der Waals surface area contributed by atoms with Gasteiger partial charge in [-0.2, -0.15) is 4.98 Å². The second kappa shape index (κ2) is 7.28. The van der Waals surface area contributed by atoms with E-state index in [4.69, 9.17) is 8.94 Å². The summed E-state index contributed by atoms with van der Waals surface area (Å²) in [6.07, 6.45) is 0.698. The number of nitrogens with zero attached hydrogens (tertiary/aromatic N) is 3. The molecule has 2 aromatic heterocycles. The van der Waals surface area contributed by atoms with Gasteiger partial charge in [0.2, 0.25) is 0 Å². The maximum absolute atomic E-state index is 12.1. The quantitative estimate of drug-likeness (QED) is 0.561. The average Bonchev–Trinajstić information content (AvgIpc) is 3.28. The number of oxazole rings is 1. The number of fused-ring (bicyclic) bond motifs is 1. The molecule has 0 saturated carbocycles. The molecule has 0 atom stereocenters. The third kappa shape index (κ3) is 3.64. The maximum atomic E-state index is 12.1. The van der Waals surface area contributed by atoms with Crippen LogP contribution in [0.1, 0.15) is 22.1 Å². The van der Waals surface area contributed by atoms with E-state index in [0.717, 1.165) is 5.56 Å². The maximum Gasteiger partial charge on any atom is 0.420 e. The van der Waals surface area contributed by atoms with Gasteiger partial charge in [-0.15, -0.1) is 0 Å². The van der Waals surface area contributed by atoms with E-state index >= 15 is 0 Å². The van der Waals surface area contributed by atoms with E-state index in [1.165, 1.54) is 4.57 Å². The Morgan fingerprint density at radius 2 is 1.85 bits per heavy atom. The SMILES string of the molecule is O=C(NCCc1ccccc1)c1nc(Cn2c(=O)oc3ccccc32)no1. The molecule has 0 aliphatic heterocycles. The van der Waals surface area contributed by atoms with Gasteiger partial charge in [0, 0.05) is 6.54 Å². The smallest absolute Gasteiger partial charge is 0.408 e. The summed E-state index contributed by atoms with van der Waals surface area (Å²) in [5, 5.41) is 6.52. The van der Waals surface area contributed by atoms with Crippen molar-refractivity contribution in [3.05, 3.63) is 82.4 Å². The predicted octanol–water partition coefficient (Wildman–Crippen LogP) is 2.00. The minimum absolute atomic E-state index is 0.0522. The van der Waals surface area contributed by atoms with Crippen molar-refractivity contribution >= 4 is 17.0 Å². The molecule has 27 heavy (non-hydrogen) atoms. The number of nitrogens with one attached hydrogen (secondary N) is 1. The van der Waals surface area contributed by atoms with Crippen molar-refractivity contribution < 1.29 is 13.7 Å². The lowest BCUT2D eigenvalue weighted by Crippen LogP contribution is -2.26. The molecule has 0 bridgehead atoms. The van der Waals surface area contributed by atoms with Gasteiger partial charge in [-0.1, -0.05) is 47.6 Å². The van der Waals surface area contributed by atoms with E-state index < -0.39 is 11.7 Å². The Morgan fingerprint density at radius 3 is 2.70 bits per heavy atom. The highest BCUT2D eigenvalue weighted by atomic mass is 16.5. The van der Waals surface area contributed by atoms with Crippen molar-refractivity contribution in [2.45, 2.75) is 13.0 Å². The van der Waals surface area contributed by atoms with Gasteiger partial charge in [-0.05, 0) is 24.1 Å². The summed E-state index contributed by atoms with van der Waals surface area (Å²) in [7, 11) is 0. The number of hydrogen-bond acceptors (Lipinski definition) is 6. The second-order valence-electron chi connectivity index (χ2n) is 5.93. The minimum atomic E-state index is -0.519. The standard InChI is InChI=1S/C19H16N4O4/c24-17(20-11-10-13-6-2-1-3-7-13)18-21-16(22-27-18)12-23-14-8-4-5-9-15(14)26-19(23)25/h1-9H,10-12H2,(H,20,24). The molecule has 0 fully saturated rings. The molecule has 0 radical (unpaired) electrons. The summed E-state index contributed by atoms with van der Waals surface area (Å²) >= 11 is 0. The van der Waals surface area contributed by atoms with Crippen molar-refractivity contribution in [1.29, 1.82) is 0 Å². The van der Waals surface area contributed by atoms with E-state index in [1.54, 1.807) is 24.3 Å². The first-order valence-corrected chi connectivity index (χ1v) is 8.44. The molecule has 4 rings (SSSR count). The molecule has 0 saturated heterocycles. The second-order valence-corrected chi connectivity index (χ2v) is 5.93. The number of carbonyl (C=O) groups excluding carboxylic acids is 1. The molecule has 2 aromatic carbocycles. The van der Waals surface area contributed by atoms with Gasteiger partial charge >= 0.3 is 17.6 Å². The molecule has 0 unspecified atom stereocenters. The number of para-hydroxylation sites is 2. The number of benzene rings is 2. The Labute approximate surface area is 153 Å². The molecule has 1 N–H and O–H groups in total. The van der Waals surface area contributed by atoms with E-state index in [2.05, 4.69) is 15.5 Å². The van der Waals surface area contributed by atoms with Gasteiger partial charge < -0.3 is 14.3 Å². The van der Waals surface area contributed by atoms with Crippen LogP contribution in [0, 0.1) is 0 Å². The number of amides is 1. The molecule has 0 spiro atoms. The first-order valence-electron chi connectivity index (χ1n) is 8.44. The van der Waals surface area contributed by atoms with Gasteiger partial charge in [0.25, 0.3) is 0 Å². The molecule has 8 heteroatoms. The van der Waals surface area contributed by atoms with Gasteiger partial charge in [-0.3, -0.25) is 9.36 Å². The Hall–Kier alpha value is -3.68. The van der Waals surface area contributed by atoms with Gasteiger partial charge in [0.05, 0.1) is 12.1 Å². The minimum Gasteiger partial charge on any atom is -0.408 e. The largest absolute Gasteiger partial charge is 0.420 e. The van der Waals surface area contributed by atoms with Gasteiger partial charge in [-0.25, -0.2) is 4.79 Å². The van der Waals surface area contributed by atoms with Crippen molar-refractivity contribution in [3.8, 4) is 0 Å². The normalized spacial score (nSPS) is 11.0. The summed E-state index contributed by atoms with van der Waals surface area (Å²) in [6.45, 7) is 0.503. The van der Waals surface area contributed by atoms with Crippen LogP contribution in [-0.2, 0) is 13.0 Å². The summed E-state index contributed by atoms with van der Waals surface area (Å²) in [5.74, 6) is -0.889. The summed E-state index contributed by atoms with van der Waals surface area (Å²) in [4.78, 5) is 28.2. The van der Waals surface area contributed by atoms with Crippen LogP contribution in [0.2, 0.25) is 0 Å². The van der Waals surface area contributed by atoms with E-state index in [0.29, 0.717) is 24.1 Å². The topological polar surface area (TPSA) is 103 Å². The lowest BCUT2D eigenvalue weighted by Gasteiger charge is -2.02. The Balaban J connectivity index is 1.41. The van der Waals surface area contributed by atoms with Crippen molar-refractivity contribution in [2.24, 2.45) is 0 Å². The highest BCUT2D eigenvalue weighted by Gasteiger charge is 2.17. The molecule has 2 heterocycles. The van der Waals surface area contributed by atoms with Crippen LogP contribution in [0.5, 0.6) is 0 Å².